The summed E-state index contributed by atoms with van der Waals surface area (Å²) in [5.74, 6) is 2.54. The zero-order valence-electron chi connectivity index (χ0n) is 9.67. The van der Waals surface area contributed by atoms with Crippen molar-refractivity contribution in [3.05, 3.63) is 29.6 Å². The van der Waals surface area contributed by atoms with E-state index in [4.69, 9.17) is 6.42 Å². The van der Waals surface area contributed by atoms with Crippen LogP contribution in [0.3, 0.4) is 0 Å². The summed E-state index contributed by atoms with van der Waals surface area (Å²) >= 11 is 0. The maximum absolute atomic E-state index is 5.29. The fourth-order valence-corrected chi connectivity index (χ4v) is 1.26. The third kappa shape index (κ3) is 4.62. The van der Waals surface area contributed by atoms with Crippen molar-refractivity contribution in [2.24, 2.45) is 0 Å². The van der Waals surface area contributed by atoms with Gasteiger partial charge in [0.2, 0.25) is 0 Å². The van der Waals surface area contributed by atoms with E-state index in [1.807, 2.05) is 18.2 Å². The Morgan fingerprint density at radius 2 is 2.13 bits per heavy atom. The van der Waals surface area contributed by atoms with Gasteiger partial charge >= 0.3 is 0 Å². The highest BCUT2D eigenvalue weighted by molar-refractivity contribution is 5.25. The fraction of sp³-hybridized carbons (Fsp3) is 0.462. The molecule has 1 N–H and O–H groups in total. The van der Waals surface area contributed by atoms with Crippen molar-refractivity contribution < 1.29 is 0 Å². The Balaban J connectivity index is 2.48. The average Bonchev–Trinajstić information content (AvgIpc) is 2.16. The molecule has 0 aliphatic carbocycles. The lowest BCUT2D eigenvalue weighted by Crippen LogP contribution is -2.37. The van der Waals surface area contributed by atoms with Crippen LogP contribution < -0.4 is 5.32 Å². The van der Waals surface area contributed by atoms with Gasteiger partial charge in [0.15, 0.2) is 0 Å². The predicted octanol–water partition coefficient (Wildman–Crippen LogP) is 1.99. The predicted molar refractivity (Wildman–Crippen MR) is 63.6 cm³/mol. The maximum atomic E-state index is 5.29. The second-order valence-corrected chi connectivity index (χ2v) is 4.59. The molecule has 80 valence electrons. The molecule has 0 fully saturated rings. The molecule has 2 heteroatoms. The lowest BCUT2D eigenvalue weighted by atomic mass is 10.1. The van der Waals surface area contributed by atoms with E-state index in [-0.39, 0.29) is 5.54 Å². The van der Waals surface area contributed by atoms with Gasteiger partial charge in [-0.05, 0) is 32.9 Å². The van der Waals surface area contributed by atoms with E-state index < -0.39 is 0 Å². The first-order valence-corrected chi connectivity index (χ1v) is 5.19. The average molecular weight is 202 g/mol. The van der Waals surface area contributed by atoms with Gasteiger partial charge < -0.3 is 5.32 Å². The summed E-state index contributed by atoms with van der Waals surface area (Å²) < 4.78 is 0. The van der Waals surface area contributed by atoms with Crippen molar-refractivity contribution >= 4 is 0 Å². The molecular weight excluding hydrogens is 184 g/mol. The van der Waals surface area contributed by atoms with E-state index in [2.05, 4.69) is 37.0 Å². The number of pyridine rings is 1. The van der Waals surface area contributed by atoms with Crippen molar-refractivity contribution in [1.29, 1.82) is 0 Å². The number of rotatable bonds is 3. The van der Waals surface area contributed by atoms with Gasteiger partial charge in [-0.2, -0.15) is 0 Å². The molecule has 0 bridgehead atoms. The first-order valence-electron chi connectivity index (χ1n) is 5.19. The molecule has 0 aromatic carbocycles. The van der Waals surface area contributed by atoms with Crippen LogP contribution in [0, 0.1) is 12.3 Å². The summed E-state index contributed by atoms with van der Waals surface area (Å²) in [4.78, 5) is 4.33. The Bertz CT molecular complexity index is 356. The molecule has 15 heavy (non-hydrogen) atoms. The van der Waals surface area contributed by atoms with Gasteiger partial charge in [-0.15, -0.1) is 6.42 Å². The minimum absolute atomic E-state index is 0.156. The lowest BCUT2D eigenvalue weighted by molar-refractivity contribution is 0.428. The number of nitrogens with zero attached hydrogens (tertiary/aromatic N) is 1. The topological polar surface area (TPSA) is 24.9 Å². The van der Waals surface area contributed by atoms with Crippen LogP contribution >= 0.6 is 0 Å². The lowest BCUT2D eigenvalue weighted by Gasteiger charge is -2.20. The molecule has 1 aromatic heterocycles. The third-order valence-electron chi connectivity index (χ3n) is 1.99. The van der Waals surface area contributed by atoms with Crippen LogP contribution in [0.15, 0.2) is 18.2 Å². The summed E-state index contributed by atoms with van der Waals surface area (Å²) in [7, 11) is 0. The van der Waals surface area contributed by atoms with E-state index in [0.717, 1.165) is 18.7 Å². The van der Waals surface area contributed by atoms with E-state index in [9.17, 15) is 0 Å². The maximum Gasteiger partial charge on any atom is 0.113 e. The highest BCUT2D eigenvalue weighted by Crippen LogP contribution is 2.01. The van der Waals surface area contributed by atoms with Crippen molar-refractivity contribution in [2.45, 2.75) is 32.7 Å². The van der Waals surface area contributed by atoms with Crippen LogP contribution in [-0.2, 0) is 6.42 Å². The van der Waals surface area contributed by atoms with Crippen LogP contribution in [0.25, 0.3) is 0 Å². The molecule has 0 unspecified atom stereocenters. The minimum Gasteiger partial charge on any atom is -0.312 e. The van der Waals surface area contributed by atoms with Crippen LogP contribution in [0.5, 0.6) is 0 Å². The van der Waals surface area contributed by atoms with Crippen LogP contribution in [-0.4, -0.2) is 17.1 Å². The molecule has 0 aliphatic heterocycles. The molecule has 0 amide bonds. The molecule has 0 spiro atoms. The molecule has 0 radical (unpaired) electrons. The number of hydrogen-bond acceptors (Lipinski definition) is 2. The van der Waals surface area contributed by atoms with Gasteiger partial charge in [-0.3, -0.25) is 0 Å². The highest BCUT2D eigenvalue weighted by Gasteiger charge is 2.07. The number of terminal acetylenes is 1. The minimum atomic E-state index is 0.156. The van der Waals surface area contributed by atoms with Gasteiger partial charge in [0.1, 0.15) is 5.69 Å². The summed E-state index contributed by atoms with van der Waals surface area (Å²) in [6.45, 7) is 7.37. The first kappa shape index (κ1) is 11.7. The van der Waals surface area contributed by atoms with Crippen molar-refractivity contribution in [2.75, 3.05) is 6.54 Å². The molecule has 0 aliphatic rings. The SMILES string of the molecule is C#Cc1cccc(CCNC(C)(C)C)n1. The number of aromatic nitrogens is 1. The van der Waals surface area contributed by atoms with Crippen molar-refractivity contribution in [1.82, 2.24) is 10.3 Å². The molecule has 1 aromatic rings. The quantitative estimate of drug-likeness (QED) is 0.758. The van der Waals surface area contributed by atoms with E-state index >= 15 is 0 Å². The van der Waals surface area contributed by atoms with Gasteiger partial charge in [-0.1, -0.05) is 12.0 Å². The smallest absolute Gasteiger partial charge is 0.113 e. The summed E-state index contributed by atoms with van der Waals surface area (Å²) in [5.41, 5.74) is 1.91. The zero-order valence-corrected chi connectivity index (χ0v) is 9.67. The van der Waals surface area contributed by atoms with E-state index in [0.29, 0.717) is 5.69 Å². The van der Waals surface area contributed by atoms with Crippen molar-refractivity contribution in [3.8, 4) is 12.3 Å². The molecule has 0 atom stereocenters. The Kier molecular flexibility index (Phi) is 3.88. The monoisotopic (exact) mass is 202 g/mol. The Morgan fingerprint density at radius 3 is 2.73 bits per heavy atom. The number of hydrogen-bond donors (Lipinski definition) is 1. The zero-order chi connectivity index (χ0) is 11.3. The van der Waals surface area contributed by atoms with Crippen molar-refractivity contribution in [3.63, 3.8) is 0 Å². The third-order valence-corrected chi connectivity index (χ3v) is 1.99. The van der Waals surface area contributed by atoms with Gasteiger partial charge in [0.05, 0.1) is 0 Å². The van der Waals surface area contributed by atoms with Crippen LogP contribution in [0.2, 0.25) is 0 Å². The number of nitrogens with one attached hydrogen (secondary N) is 1. The Labute approximate surface area is 92.1 Å². The van der Waals surface area contributed by atoms with E-state index in [1.165, 1.54) is 0 Å². The molecular formula is C13H18N2. The fourth-order valence-electron chi connectivity index (χ4n) is 1.26. The highest BCUT2D eigenvalue weighted by atomic mass is 14.9. The summed E-state index contributed by atoms with van der Waals surface area (Å²) in [6, 6.07) is 5.81. The standard InChI is InChI=1S/C13H18N2/c1-5-11-7-6-8-12(15-11)9-10-14-13(2,3)4/h1,6-8,14H,9-10H2,2-4H3. The second-order valence-electron chi connectivity index (χ2n) is 4.59. The van der Waals surface area contributed by atoms with Crippen LogP contribution in [0.4, 0.5) is 0 Å². The van der Waals surface area contributed by atoms with Gasteiger partial charge in [0.25, 0.3) is 0 Å². The van der Waals surface area contributed by atoms with E-state index in [1.54, 1.807) is 0 Å². The normalized spacial score (nSPS) is 11.1. The first-order chi connectivity index (χ1) is 7.01. The van der Waals surface area contributed by atoms with Crippen LogP contribution in [0.1, 0.15) is 32.2 Å². The van der Waals surface area contributed by atoms with Gasteiger partial charge in [0, 0.05) is 24.2 Å². The molecule has 0 saturated carbocycles. The molecule has 1 rings (SSSR count). The van der Waals surface area contributed by atoms with Gasteiger partial charge in [-0.25, -0.2) is 4.98 Å². The largest absolute Gasteiger partial charge is 0.312 e. The molecule has 2 nitrogen and oxygen atoms in total. The summed E-state index contributed by atoms with van der Waals surface area (Å²) in [5, 5.41) is 3.42. The Hall–Kier alpha value is -1.33. The second kappa shape index (κ2) is 4.95. The molecule has 1 heterocycles. The Morgan fingerprint density at radius 1 is 1.40 bits per heavy atom. The molecule has 0 saturated heterocycles. The summed E-state index contributed by atoms with van der Waals surface area (Å²) in [6.07, 6.45) is 6.20.